The normalized spacial score (nSPS) is 19.2. The van der Waals surface area contributed by atoms with Gasteiger partial charge in [0.25, 0.3) is 0 Å². The third kappa shape index (κ3) is 5.19. The summed E-state index contributed by atoms with van der Waals surface area (Å²) in [5.74, 6) is 0. The van der Waals surface area contributed by atoms with E-state index >= 15 is 0 Å². The second-order valence-electron chi connectivity index (χ2n) is 5.11. The maximum Gasteiger partial charge on any atom is 0.315 e. The number of amides is 2. The fourth-order valence-corrected chi connectivity index (χ4v) is 2.48. The van der Waals surface area contributed by atoms with Crippen LogP contribution in [0.5, 0.6) is 0 Å². The highest BCUT2D eigenvalue weighted by Crippen LogP contribution is 2.16. The Morgan fingerprint density at radius 2 is 2.19 bits per heavy atom. The molecule has 2 rings (SSSR count). The number of hydrogen-bond acceptors (Lipinski definition) is 3. The lowest BCUT2D eigenvalue weighted by atomic mass is 10.1. The van der Waals surface area contributed by atoms with Crippen LogP contribution in [0.25, 0.3) is 0 Å². The lowest BCUT2D eigenvalue weighted by Crippen LogP contribution is -2.40. The van der Waals surface area contributed by atoms with E-state index in [2.05, 4.69) is 10.6 Å². The number of aliphatic hydroxyl groups is 1. The summed E-state index contributed by atoms with van der Waals surface area (Å²) in [5, 5.41) is 15.6. The average Bonchev–Trinajstić information content (AvgIpc) is 2.99. The lowest BCUT2D eigenvalue weighted by Gasteiger charge is -2.18. The summed E-state index contributed by atoms with van der Waals surface area (Å²) in [4.78, 5) is 11.8. The molecule has 0 spiro atoms. The first-order valence-corrected chi connectivity index (χ1v) is 7.59. The molecule has 2 atom stereocenters. The Labute approximate surface area is 129 Å². The van der Waals surface area contributed by atoms with Crippen LogP contribution in [-0.2, 0) is 4.74 Å². The van der Waals surface area contributed by atoms with Crippen molar-refractivity contribution in [2.45, 2.75) is 31.4 Å². The number of rotatable bonds is 6. The Morgan fingerprint density at radius 3 is 2.81 bits per heavy atom. The molecule has 1 aliphatic rings. The van der Waals surface area contributed by atoms with E-state index in [4.69, 9.17) is 16.3 Å². The minimum atomic E-state index is -0.440. The number of carbonyl (C=O) groups is 1. The van der Waals surface area contributed by atoms with Crippen molar-refractivity contribution in [3.63, 3.8) is 0 Å². The molecule has 1 heterocycles. The van der Waals surface area contributed by atoms with Gasteiger partial charge in [0.1, 0.15) is 0 Å². The lowest BCUT2D eigenvalue weighted by molar-refractivity contribution is 0.104. The molecular formula is C15H21ClN2O3. The number of hydrogen-bond donors (Lipinski definition) is 3. The van der Waals surface area contributed by atoms with Gasteiger partial charge in [-0.3, -0.25) is 0 Å². The van der Waals surface area contributed by atoms with E-state index in [-0.39, 0.29) is 18.7 Å². The zero-order valence-corrected chi connectivity index (χ0v) is 12.6. The van der Waals surface area contributed by atoms with Crippen LogP contribution in [0, 0.1) is 0 Å². The Kier molecular flexibility index (Phi) is 6.29. The second-order valence-corrected chi connectivity index (χ2v) is 5.55. The van der Waals surface area contributed by atoms with Gasteiger partial charge in [0.05, 0.1) is 18.8 Å². The summed E-state index contributed by atoms with van der Waals surface area (Å²) < 4.78 is 5.49. The fraction of sp³-hybridized carbons (Fsp3) is 0.533. The highest BCUT2D eigenvalue weighted by molar-refractivity contribution is 6.30. The van der Waals surface area contributed by atoms with E-state index in [1.807, 2.05) is 0 Å². The van der Waals surface area contributed by atoms with Crippen LogP contribution in [0.3, 0.4) is 0 Å². The van der Waals surface area contributed by atoms with Crippen molar-refractivity contribution in [3.8, 4) is 0 Å². The number of aliphatic hydroxyl groups excluding tert-OH is 1. The largest absolute Gasteiger partial charge is 0.394 e. The molecule has 0 radical (unpaired) electrons. The van der Waals surface area contributed by atoms with E-state index in [0.717, 1.165) is 31.4 Å². The molecule has 3 N–H and O–H groups in total. The molecule has 6 heteroatoms. The Balaban J connectivity index is 1.75. The van der Waals surface area contributed by atoms with Gasteiger partial charge in [0, 0.05) is 18.2 Å². The Hall–Kier alpha value is -1.30. The first kappa shape index (κ1) is 16.1. The number of nitrogens with one attached hydrogen (secondary N) is 2. The van der Waals surface area contributed by atoms with Crippen molar-refractivity contribution in [1.82, 2.24) is 10.6 Å². The van der Waals surface area contributed by atoms with Crippen LogP contribution in [0.1, 0.15) is 30.9 Å². The molecule has 21 heavy (non-hydrogen) atoms. The Bertz CT molecular complexity index is 447. The fourth-order valence-electron chi connectivity index (χ4n) is 2.36. The number of halogens is 1. The van der Waals surface area contributed by atoms with E-state index in [0.29, 0.717) is 11.6 Å². The number of carbonyl (C=O) groups excluding carboxylic acids is 1. The topological polar surface area (TPSA) is 70.6 Å². The zero-order valence-electron chi connectivity index (χ0n) is 11.8. The molecule has 1 aromatic rings. The highest BCUT2D eigenvalue weighted by Gasteiger charge is 2.16. The molecule has 1 aromatic carbocycles. The van der Waals surface area contributed by atoms with E-state index < -0.39 is 6.04 Å². The van der Waals surface area contributed by atoms with Gasteiger partial charge in [0.15, 0.2) is 0 Å². The molecule has 0 aliphatic carbocycles. The van der Waals surface area contributed by atoms with Gasteiger partial charge in [0.2, 0.25) is 0 Å². The predicted molar refractivity (Wildman–Crippen MR) is 81.4 cm³/mol. The second kappa shape index (κ2) is 8.22. The predicted octanol–water partition coefficient (Wildman–Crippen LogP) is 2.24. The van der Waals surface area contributed by atoms with Crippen LogP contribution >= 0.6 is 11.6 Å². The molecule has 116 valence electrons. The molecule has 0 aromatic heterocycles. The summed E-state index contributed by atoms with van der Waals surface area (Å²) in [6.45, 7) is 1.22. The van der Waals surface area contributed by atoms with Crippen LogP contribution in [0.15, 0.2) is 24.3 Å². The molecule has 1 fully saturated rings. The molecule has 1 saturated heterocycles. The van der Waals surface area contributed by atoms with Gasteiger partial charge in [-0.15, -0.1) is 0 Å². The zero-order chi connectivity index (χ0) is 15.1. The first-order valence-electron chi connectivity index (χ1n) is 7.21. The molecule has 0 saturated carbocycles. The highest BCUT2D eigenvalue weighted by atomic mass is 35.5. The third-order valence-corrected chi connectivity index (χ3v) is 3.79. The average molecular weight is 313 g/mol. The van der Waals surface area contributed by atoms with Gasteiger partial charge >= 0.3 is 6.03 Å². The molecule has 1 aliphatic heterocycles. The number of benzene rings is 1. The third-order valence-electron chi connectivity index (χ3n) is 3.54. The summed E-state index contributed by atoms with van der Waals surface area (Å²) in [5.41, 5.74) is 0.816. The van der Waals surface area contributed by atoms with E-state index in [9.17, 15) is 9.90 Å². The maximum absolute atomic E-state index is 11.8. The quantitative estimate of drug-likeness (QED) is 0.754. The molecule has 0 bridgehead atoms. The van der Waals surface area contributed by atoms with Crippen LogP contribution in [0.4, 0.5) is 4.79 Å². The minimum absolute atomic E-state index is 0.166. The standard InChI is InChI=1S/C15H21ClN2O3/c16-12-5-3-11(4-6-12)14(10-19)18-15(20)17-8-7-13-2-1-9-21-13/h3-6,13-14,19H,1-2,7-10H2,(H2,17,18,20). The molecule has 2 amide bonds. The van der Waals surface area contributed by atoms with E-state index in [1.165, 1.54) is 0 Å². The number of ether oxygens (including phenoxy) is 1. The smallest absolute Gasteiger partial charge is 0.315 e. The van der Waals surface area contributed by atoms with Crippen molar-refractivity contribution in [2.24, 2.45) is 0 Å². The van der Waals surface area contributed by atoms with Crippen LogP contribution < -0.4 is 10.6 Å². The van der Waals surface area contributed by atoms with Gasteiger partial charge in [-0.2, -0.15) is 0 Å². The van der Waals surface area contributed by atoms with Gasteiger partial charge in [-0.1, -0.05) is 23.7 Å². The van der Waals surface area contributed by atoms with Crippen molar-refractivity contribution in [1.29, 1.82) is 0 Å². The molecule has 2 unspecified atom stereocenters. The minimum Gasteiger partial charge on any atom is -0.394 e. The van der Waals surface area contributed by atoms with Crippen molar-refractivity contribution in [3.05, 3.63) is 34.9 Å². The van der Waals surface area contributed by atoms with E-state index in [1.54, 1.807) is 24.3 Å². The maximum atomic E-state index is 11.8. The van der Waals surface area contributed by atoms with Gasteiger partial charge < -0.3 is 20.5 Å². The Morgan fingerprint density at radius 1 is 1.43 bits per heavy atom. The van der Waals surface area contributed by atoms with Gasteiger partial charge in [-0.25, -0.2) is 4.79 Å². The SMILES string of the molecule is O=C(NCCC1CCCO1)NC(CO)c1ccc(Cl)cc1. The molecular weight excluding hydrogens is 292 g/mol. The van der Waals surface area contributed by atoms with Crippen molar-refractivity contribution >= 4 is 17.6 Å². The monoisotopic (exact) mass is 312 g/mol. The summed E-state index contributed by atoms with van der Waals surface area (Å²) >= 11 is 5.82. The van der Waals surface area contributed by atoms with Crippen molar-refractivity contribution in [2.75, 3.05) is 19.8 Å². The first-order chi connectivity index (χ1) is 10.2. The van der Waals surface area contributed by atoms with Crippen molar-refractivity contribution < 1.29 is 14.6 Å². The number of urea groups is 1. The molecule has 5 nitrogen and oxygen atoms in total. The van der Waals surface area contributed by atoms with Crippen LogP contribution in [-0.4, -0.2) is 37.0 Å². The summed E-state index contributed by atoms with van der Waals surface area (Å²) in [6.07, 6.45) is 3.24. The summed E-state index contributed by atoms with van der Waals surface area (Å²) in [7, 11) is 0. The van der Waals surface area contributed by atoms with Crippen LogP contribution in [0.2, 0.25) is 5.02 Å². The van der Waals surface area contributed by atoms with Gasteiger partial charge in [-0.05, 0) is 37.0 Å². The summed E-state index contributed by atoms with van der Waals surface area (Å²) in [6, 6.07) is 6.31.